The van der Waals surface area contributed by atoms with Gasteiger partial charge in [-0.2, -0.15) is 0 Å². The van der Waals surface area contributed by atoms with Crippen molar-refractivity contribution >= 4 is 9.84 Å². The second-order valence-corrected chi connectivity index (χ2v) is 6.19. The van der Waals surface area contributed by atoms with Gasteiger partial charge in [0.05, 0.1) is 10.6 Å². The Morgan fingerprint density at radius 1 is 1.11 bits per heavy atom. The summed E-state index contributed by atoms with van der Waals surface area (Å²) >= 11 is 0. The van der Waals surface area contributed by atoms with Crippen LogP contribution < -0.4 is 0 Å². The first-order valence-electron chi connectivity index (χ1n) is 5.62. The molecule has 18 heavy (non-hydrogen) atoms. The van der Waals surface area contributed by atoms with Crippen LogP contribution in [0.1, 0.15) is 11.3 Å². The molecule has 1 heterocycles. The van der Waals surface area contributed by atoms with E-state index in [0.717, 1.165) is 11.3 Å². The number of benzene rings is 1. The van der Waals surface area contributed by atoms with Crippen LogP contribution in [0.4, 0.5) is 0 Å². The van der Waals surface area contributed by atoms with Crippen molar-refractivity contribution in [1.29, 1.82) is 0 Å². The Kier molecular flexibility index (Phi) is 3.72. The number of hydrogen-bond donors (Lipinski definition) is 0. The van der Waals surface area contributed by atoms with Crippen molar-refractivity contribution < 1.29 is 8.42 Å². The average molecular weight is 262 g/mol. The lowest BCUT2D eigenvalue weighted by Crippen LogP contribution is -2.10. The van der Waals surface area contributed by atoms with Crippen molar-refractivity contribution in [2.24, 2.45) is 0 Å². The van der Waals surface area contributed by atoms with Gasteiger partial charge in [-0.25, -0.2) is 18.4 Å². The highest BCUT2D eigenvalue weighted by atomic mass is 32.2. The first-order valence-corrected chi connectivity index (χ1v) is 7.27. The Bertz CT molecular complexity index is 607. The van der Waals surface area contributed by atoms with Gasteiger partial charge in [0.15, 0.2) is 9.84 Å². The van der Waals surface area contributed by atoms with Crippen LogP contribution in [-0.4, -0.2) is 24.1 Å². The molecular formula is C13H14N2O2S. The SMILES string of the molecule is Cc1ccc(S(=O)(=O)CCc2ccncn2)cc1. The number of aryl methyl sites for hydroxylation is 2. The molecule has 0 bridgehead atoms. The molecule has 5 heteroatoms. The number of sulfone groups is 1. The molecule has 0 spiro atoms. The van der Waals surface area contributed by atoms with E-state index in [9.17, 15) is 8.42 Å². The molecule has 0 aliphatic rings. The van der Waals surface area contributed by atoms with Gasteiger partial charge >= 0.3 is 0 Å². The van der Waals surface area contributed by atoms with Gasteiger partial charge in [-0.1, -0.05) is 17.7 Å². The van der Waals surface area contributed by atoms with Gasteiger partial charge in [0.1, 0.15) is 6.33 Å². The van der Waals surface area contributed by atoms with Gasteiger partial charge in [-0.3, -0.25) is 0 Å². The lowest BCUT2D eigenvalue weighted by molar-refractivity contribution is 0.595. The number of aromatic nitrogens is 2. The maximum atomic E-state index is 12.1. The fraction of sp³-hybridized carbons (Fsp3) is 0.231. The monoisotopic (exact) mass is 262 g/mol. The fourth-order valence-corrected chi connectivity index (χ4v) is 2.83. The molecular weight excluding hydrogens is 248 g/mol. The van der Waals surface area contributed by atoms with Crippen LogP contribution in [0.25, 0.3) is 0 Å². The molecule has 0 unspecified atom stereocenters. The topological polar surface area (TPSA) is 59.9 Å². The predicted octanol–water partition coefficient (Wildman–Crippen LogP) is 1.80. The third-order valence-electron chi connectivity index (χ3n) is 2.65. The maximum absolute atomic E-state index is 12.1. The van der Waals surface area contributed by atoms with Crippen molar-refractivity contribution in [3.8, 4) is 0 Å². The van der Waals surface area contributed by atoms with Gasteiger partial charge < -0.3 is 0 Å². The van der Waals surface area contributed by atoms with E-state index >= 15 is 0 Å². The number of rotatable bonds is 4. The third kappa shape index (κ3) is 3.13. The summed E-state index contributed by atoms with van der Waals surface area (Å²) in [7, 11) is -3.24. The van der Waals surface area contributed by atoms with Crippen LogP contribution in [0.2, 0.25) is 0 Å². The van der Waals surface area contributed by atoms with E-state index in [1.54, 1.807) is 36.5 Å². The second kappa shape index (κ2) is 5.27. The van der Waals surface area contributed by atoms with Crippen molar-refractivity contribution in [2.45, 2.75) is 18.2 Å². The van der Waals surface area contributed by atoms with E-state index in [-0.39, 0.29) is 5.75 Å². The highest BCUT2D eigenvalue weighted by molar-refractivity contribution is 7.91. The molecule has 0 amide bonds. The summed E-state index contributed by atoms with van der Waals surface area (Å²) < 4.78 is 24.1. The first-order chi connectivity index (χ1) is 8.58. The van der Waals surface area contributed by atoms with Crippen molar-refractivity contribution in [1.82, 2.24) is 9.97 Å². The third-order valence-corrected chi connectivity index (χ3v) is 4.38. The summed E-state index contributed by atoms with van der Waals surface area (Å²) in [5, 5.41) is 0. The summed E-state index contributed by atoms with van der Waals surface area (Å²) in [4.78, 5) is 8.17. The van der Waals surface area contributed by atoms with Crippen LogP contribution in [0.3, 0.4) is 0 Å². The van der Waals surface area contributed by atoms with Crippen molar-refractivity contribution in [2.75, 3.05) is 5.75 Å². The molecule has 0 aliphatic carbocycles. The molecule has 1 aromatic carbocycles. The van der Waals surface area contributed by atoms with Crippen LogP contribution in [0.5, 0.6) is 0 Å². The van der Waals surface area contributed by atoms with Gasteiger partial charge in [-0.15, -0.1) is 0 Å². The molecule has 1 aromatic heterocycles. The zero-order chi connectivity index (χ0) is 13.0. The van der Waals surface area contributed by atoms with E-state index in [0.29, 0.717) is 11.3 Å². The minimum absolute atomic E-state index is 0.0626. The van der Waals surface area contributed by atoms with E-state index in [4.69, 9.17) is 0 Å². The van der Waals surface area contributed by atoms with Gasteiger partial charge in [0.2, 0.25) is 0 Å². The first kappa shape index (κ1) is 12.7. The minimum atomic E-state index is -3.24. The Morgan fingerprint density at radius 3 is 2.44 bits per heavy atom. The lowest BCUT2D eigenvalue weighted by atomic mass is 10.2. The number of nitrogens with zero attached hydrogens (tertiary/aromatic N) is 2. The smallest absolute Gasteiger partial charge is 0.178 e. The van der Waals surface area contributed by atoms with Crippen molar-refractivity contribution in [3.63, 3.8) is 0 Å². The Morgan fingerprint density at radius 2 is 1.83 bits per heavy atom. The molecule has 0 fully saturated rings. The highest BCUT2D eigenvalue weighted by Gasteiger charge is 2.14. The van der Waals surface area contributed by atoms with E-state index < -0.39 is 9.84 Å². The summed E-state index contributed by atoms with van der Waals surface area (Å²) in [6, 6.07) is 8.62. The molecule has 2 aromatic rings. The zero-order valence-electron chi connectivity index (χ0n) is 10.1. The molecule has 0 aliphatic heterocycles. The molecule has 0 saturated heterocycles. The van der Waals surface area contributed by atoms with Crippen LogP contribution >= 0.6 is 0 Å². The van der Waals surface area contributed by atoms with E-state index in [1.807, 2.05) is 6.92 Å². The average Bonchev–Trinajstić information content (AvgIpc) is 2.38. The molecule has 0 radical (unpaired) electrons. The number of hydrogen-bond acceptors (Lipinski definition) is 4. The Balaban J connectivity index is 2.11. The molecule has 0 saturated carbocycles. The molecule has 0 atom stereocenters. The Hall–Kier alpha value is -1.75. The quantitative estimate of drug-likeness (QED) is 0.843. The lowest BCUT2D eigenvalue weighted by Gasteiger charge is -2.04. The van der Waals surface area contributed by atoms with Crippen LogP contribution in [0.15, 0.2) is 47.8 Å². The molecule has 4 nitrogen and oxygen atoms in total. The zero-order valence-corrected chi connectivity index (χ0v) is 10.9. The summed E-state index contributed by atoms with van der Waals surface area (Å²) in [5.41, 5.74) is 1.78. The van der Waals surface area contributed by atoms with E-state index in [2.05, 4.69) is 9.97 Å². The minimum Gasteiger partial charge on any atom is -0.245 e. The largest absolute Gasteiger partial charge is 0.245 e. The normalized spacial score (nSPS) is 11.4. The summed E-state index contributed by atoms with van der Waals surface area (Å²) in [6.45, 7) is 1.93. The molecule has 94 valence electrons. The van der Waals surface area contributed by atoms with Gasteiger partial charge in [0, 0.05) is 18.3 Å². The van der Waals surface area contributed by atoms with E-state index in [1.165, 1.54) is 6.33 Å². The Labute approximate surface area is 107 Å². The summed E-state index contributed by atoms with van der Waals surface area (Å²) in [6.07, 6.45) is 3.44. The summed E-state index contributed by atoms with van der Waals surface area (Å²) in [5.74, 6) is 0.0626. The fourth-order valence-electron chi connectivity index (χ4n) is 1.57. The van der Waals surface area contributed by atoms with Gasteiger partial charge in [0.25, 0.3) is 0 Å². The van der Waals surface area contributed by atoms with Crippen LogP contribution in [-0.2, 0) is 16.3 Å². The highest BCUT2D eigenvalue weighted by Crippen LogP contribution is 2.13. The standard InChI is InChI=1S/C13H14N2O2S/c1-11-2-4-13(5-3-11)18(16,17)9-7-12-6-8-14-10-15-12/h2-6,8,10H,7,9H2,1H3. The van der Waals surface area contributed by atoms with Gasteiger partial charge in [-0.05, 0) is 25.1 Å². The second-order valence-electron chi connectivity index (χ2n) is 4.08. The van der Waals surface area contributed by atoms with Crippen LogP contribution in [0, 0.1) is 6.92 Å². The maximum Gasteiger partial charge on any atom is 0.178 e. The molecule has 2 rings (SSSR count). The predicted molar refractivity (Wildman–Crippen MR) is 69.0 cm³/mol. The van der Waals surface area contributed by atoms with Crippen molar-refractivity contribution in [3.05, 3.63) is 54.1 Å². The molecule has 0 N–H and O–H groups in total.